The maximum atomic E-state index is 5.63. The van der Waals surface area contributed by atoms with Gasteiger partial charge in [0.05, 0.1) is 0 Å². The lowest BCUT2D eigenvalue weighted by Crippen LogP contribution is -1.96. The van der Waals surface area contributed by atoms with E-state index in [4.69, 9.17) is 17.3 Å². The number of aromatic nitrogens is 1. The van der Waals surface area contributed by atoms with Crippen molar-refractivity contribution in [3.63, 3.8) is 0 Å². The molecule has 0 bridgehead atoms. The van der Waals surface area contributed by atoms with Gasteiger partial charge in [0, 0.05) is 0 Å². The van der Waals surface area contributed by atoms with E-state index in [2.05, 4.69) is 11.9 Å². The lowest BCUT2D eigenvalue weighted by atomic mass is 10.1. The van der Waals surface area contributed by atoms with Gasteiger partial charge in [0.1, 0.15) is 11.0 Å². The molecule has 0 aromatic carbocycles. The summed E-state index contributed by atoms with van der Waals surface area (Å²) in [6.07, 6.45) is 2.05. The molecule has 3 heteroatoms. The number of anilines is 1. The van der Waals surface area contributed by atoms with Crippen LogP contribution in [0.25, 0.3) is 0 Å². The Morgan fingerprint density at radius 2 is 2.27 bits per heavy atom. The molecule has 11 heavy (non-hydrogen) atoms. The molecule has 0 amide bonds. The van der Waals surface area contributed by atoms with E-state index in [-0.39, 0.29) is 0 Å². The molecule has 2 nitrogen and oxygen atoms in total. The van der Waals surface area contributed by atoms with Crippen LogP contribution in [0, 0.1) is 0 Å². The summed E-state index contributed by atoms with van der Waals surface area (Å²) in [4.78, 5) is 3.94. The van der Waals surface area contributed by atoms with E-state index in [1.54, 1.807) is 6.07 Å². The SMILES string of the molecule is CCCc1ccc(Cl)nc1N. The van der Waals surface area contributed by atoms with Gasteiger partial charge in [-0.25, -0.2) is 4.98 Å². The van der Waals surface area contributed by atoms with Crippen LogP contribution < -0.4 is 5.73 Å². The van der Waals surface area contributed by atoms with Crippen molar-refractivity contribution in [2.45, 2.75) is 19.8 Å². The third kappa shape index (κ3) is 2.09. The minimum atomic E-state index is 0.461. The number of pyridine rings is 1. The normalized spacial score (nSPS) is 10.0. The van der Waals surface area contributed by atoms with Crippen LogP contribution in [-0.2, 0) is 6.42 Å². The van der Waals surface area contributed by atoms with E-state index >= 15 is 0 Å². The smallest absolute Gasteiger partial charge is 0.131 e. The Labute approximate surface area is 71.4 Å². The summed E-state index contributed by atoms with van der Waals surface area (Å²) in [6.45, 7) is 2.11. The van der Waals surface area contributed by atoms with Crippen molar-refractivity contribution in [1.29, 1.82) is 0 Å². The van der Waals surface area contributed by atoms with Gasteiger partial charge in [0.15, 0.2) is 0 Å². The van der Waals surface area contributed by atoms with Crippen LogP contribution in [0.15, 0.2) is 12.1 Å². The first kappa shape index (κ1) is 8.34. The zero-order chi connectivity index (χ0) is 8.27. The summed E-state index contributed by atoms with van der Waals surface area (Å²) < 4.78 is 0. The lowest BCUT2D eigenvalue weighted by molar-refractivity contribution is 0.918. The van der Waals surface area contributed by atoms with Crippen molar-refractivity contribution < 1.29 is 0 Å². The fraction of sp³-hybridized carbons (Fsp3) is 0.375. The summed E-state index contributed by atoms with van der Waals surface area (Å²) in [5, 5.41) is 0.461. The molecule has 0 radical (unpaired) electrons. The number of halogens is 1. The second kappa shape index (κ2) is 3.58. The van der Waals surface area contributed by atoms with Crippen LogP contribution in [0.4, 0.5) is 5.82 Å². The van der Waals surface area contributed by atoms with E-state index in [1.807, 2.05) is 6.07 Å². The van der Waals surface area contributed by atoms with E-state index in [1.165, 1.54) is 0 Å². The lowest BCUT2D eigenvalue weighted by Gasteiger charge is -2.01. The number of nitrogens with zero attached hydrogens (tertiary/aromatic N) is 1. The van der Waals surface area contributed by atoms with Gasteiger partial charge in [-0.3, -0.25) is 0 Å². The van der Waals surface area contributed by atoms with Crippen LogP contribution in [-0.4, -0.2) is 4.98 Å². The minimum Gasteiger partial charge on any atom is -0.383 e. The molecule has 0 aliphatic carbocycles. The minimum absolute atomic E-state index is 0.461. The summed E-state index contributed by atoms with van der Waals surface area (Å²) in [6, 6.07) is 3.69. The van der Waals surface area contributed by atoms with Gasteiger partial charge >= 0.3 is 0 Å². The monoisotopic (exact) mass is 170 g/mol. The molecule has 0 aliphatic rings. The van der Waals surface area contributed by atoms with Crippen molar-refractivity contribution in [2.75, 3.05) is 5.73 Å². The number of hydrogen-bond donors (Lipinski definition) is 1. The Morgan fingerprint density at radius 1 is 1.55 bits per heavy atom. The Morgan fingerprint density at radius 3 is 2.82 bits per heavy atom. The summed E-state index contributed by atoms with van der Waals surface area (Å²) >= 11 is 5.63. The largest absolute Gasteiger partial charge is 0.383 e. The van der Waals surface area contributed by atoms with Gasteiger partial charge in [-0.2, -0.15) is 0 Å². The van der Waals surface area contributed by atoms with Crippen molar-refractivity contribution >= 4 is 17.4 Å². The average molecular weight is 171 g/mol. The van der Waals surface area contributed by atoms with E-state index in [0.29, 0.717) is 11.0 Å². The highest BCUT2D eigenvalue weighted by Crippen LogP contribution is 2.14. The third-order valence-corrected chi connectivity index (χ3v) is 1.71. The number of nitrogens with two attached hydrogens (primary N) is 1. The molecular formula is C8H11ClN2. The number of aryl methyl sites for hydroxylation is 1. The van der Waals surface area contributed by atoms with Crippen LogP contribution in [0.2, 0.25) is 5.15 Å². The molecular weight excluding hydrogens is 160 g/mol. The molecule has 0 atom stereocenters. The maximum Gasteiger partial charge on any atom is 0.131 e. The first-order chi connectivity index (χ1) is 5.24. The Kier molecular flexibility index (Phi) is 2.71. The topological polar surface area (TPSA) is 38.9 Å². The van der Waals surface area contributed by atoms with Gasteiger partial charge in [-0.05, 0) is 18.1 Å². The zero-order valence-electron chi connectivity index (χ0n) is 6.47. The van der Waals surface area contributed by atoms with Crippen molar-refractivity contribution in [1.82, 2.24) is 4.98 Å². The van der Waals surface area contributed by atoms with Crippen LogP contribution in [0.3, 0.4) is 0 Å². The quantitative estimate of drug-likeness (QED) is 0.692. The van der Waals surface area contributed by atoms with Crippen LogP contribution in [0.1, 0.15) is 18.9 Å². The van der Waals surface area contributed by atoms with Gasteiger partial charge in [-0.1, -0.05) is 31.0 Å². The van der Waals surface area contributed by atoms with Crippen molar-refractivity contribution in [2.24, 2.45) is 0 Å². The summed E-state index contributed by atoms with van der Waals surface area (Å²) in [5.41, 5.74) is 6.69. The van der Waals surface area contributed by atoms with Gasteiger partial charge in [0.25, 0.3) is 0 Å². The van der Waals surface area contributed by atoms with Crippen LogP contribution in [0.5, 0.6) is 0 Å². The average Bonchev–Trinajstić information content (AvgIpc) is 1.95. The predicted molar refractivity (Wildman–Crippen MR) is 47.7 cm³/mol. The third-order valence-electron chi connectivity index (χ3n) is 1.50. The number of hydrogen-bond acceptors (Lipinski definition) is 2. The first-order valence-corrected chi connectivity index (χ1v) is 4.02. The molecule has 0 saturated carbocycles. The van der Waals surface area contributed by atoms with E-state index in [0.717, 1.165) is 18.4 Å². The van der Waals surface area contributed by atoms with Gasteiger partial charge in [0.2, 0.25) is 0 Å². The molecule has 1 aromatic heterocycles. The summed E-state index contributed by atoms with van der Waals surface area (Å²) in [7, 11) is 0. The molecule has 0 unspecified atom stereocenters. The predicted octanol–water partition coefficient (Wildman–Crippen LogP) is 2.27. The standard InChI is InChI=1S/C8H11ClN2/c1-2-3-6-4-5-7(9)11-8(6)10/h4-5H,2-3H2,1H3,(H2,10,11). The molecule has 0 spiro atoms. The van der Waals surface area contributed by atoms with E-state index in [9.17, 15) is 0 Å². The first-order valence-electron chi connectivity index (χ1n) is 3.65. The highest BCUT2D eigenvalue weighted by Gasteiger charge is 1.98. The highest BCUT2D eigenvalue weighted by atomic mass is 35.5. The maximum absolute atomic E-state index is 5.63. The second-order valence-corrected chi connectivity index (χ2v) is 2.82. The molecule has 1 rings (SSSR count). The Hall–Kier alpha value is -0.760. The van der Waals surface area contributed by atoms with Gasteiger partial charge < -0.3 is 5.73 Å². The van der Waals surface area contributed by atoms with Crippen molar-refractivity contribution in [3.05, 3.63) is 22.8 Å². The molecule has 0 saturated heterocycles. The molecule has 0 aliphatic heterocycles. The molecule has 2 N–H and O–H groups in total. The van der Waals surface area contributed by atoms with E-state index < -0.39 is 0 Å². The fourth-order valence-corrected chi connectivity index (χ4v) is 1.11. The second-order valence-electron chi connectivity index (χ2n) is 2.43. The Bertz CT molecular complexity index is 248. The zero-order valence-corrected chi connectivity index (χ0v) is 7.23. The summed E-state index contributed by atoms with van der Waals surface area (Å²) in [5.74, 6) is 0.555. The molecule has 60 valence electrons. The van der Waals surface area contributed by atoms with Crippen LogP contribution >= 0.6 is 11.6 Å². The molecule has 1 heterocycles. The van der Waals surface area contributed by atoms with Gasteiger partial charge in [-0.15, -0.1) is 0 Å². The molecule has 0 fully saturated rings. The highest BCUT2D eigenvalue weighted by molar-refractivity contribution is 6.29. The van der Waals surface area contributed by atoms with Crippen molar-refractivity contribution in [3.8, 4) is 0 Å². The Balaban J connectivity index is 2.90. The molecule has 1 aromatic rings. The number of nitrogen functional groups attached to an aromatic ring is 1. The fourth-order valence-electron chi connectivity index (χ4n) is 0.960. The number of rotatable bonds is 2.